The van der Waals surface area contributed by atoms with E-state index >= 15 is 0 Å². The highest BCUT2D eigenvalue weighted by atomic mass is 16.5. The minimum Gasteiger partial charge on any atom is -0.461 e. The third kappa shape index (κ3) is 3.41. The quantitative estimate of drug-likeness (QED) is 0.460. The second-order valence-electron chi connectivity index (χ2n) is 6.55. The number of carbonyl (C=O) groups excluding carboxylic acids is 1. The molecule has 3 heterocycles. The van der Waals surface area contributed by atoms with Crippen LogP contribution in [-0.2, 0) is 6.42 Å². The standard InChI is InChI=1S/C22H16N4O3/c27-22(18-12-14-6-1-3-8-16(14)23-18)24-17-9-4-2-7-15(17)13-20-25-21(26-29-20)19-10-5-11-28-19/h1-12,23H,13H2,(H,24,27). The van der Waals surface area contributed by atoms with Gasteiger partial charge in [0.05, 0.1) is 12.7 Å². The van der Waals surface area contributed by atoms with Gasteiger partial charge in [0, 0.05) is 16.6 Å². The highest BCUT2D eigenvalue weighted by molar-refractivity contribution is 6.06. The topological polar surface area (TPSA) is 97.0 Å². The fraction of sp³-hybridized carbons (Fsp3) is 0.0455. The van der Waals surface area contributed by atoms with Crippen molar-refractivity contribution in [1.82, 2.24) is 15.1 Å². The lowest BCUT2D eigenvalue weighted by molar-refractivity contribution is 0.102. The van der Waals surface area contributed by atoms with E-state index in [1.165, 1.54) is 0 Å². The van der Waals surface area contributed by atoms with Crippen LogP contribution in [0.2, 0.25) is 0 Å². The minimum absolute atomic E-state index is 0.213. The number of nitrogens with zero attached hydrogens (tertiary/aromatic N) is 2. The lowest BCUT2D eigenvalue weighted by Crippen LogP contribution is -2.13. The fourth-order valence-corrected chi connectivity index (χ4v) is 3.18. The molecule has 3 aromatic heterocycles. The van der Waals surface area contributed by atoms with Gasteiger partial charge in [-0.1, -0.05) is 41.6 Å². The van der Waals surface area contributed by atoms with Crippen LogP contribution in [0.3, 0.4) is 0 Å². The molecule has 0 aliphatic heterocycles. The van der Waals surface area contributed by atoms with Crippen LogP contribution in [0.5, 0.6) is 0 Å². The van der Waals surface area contributed by atoms with Gasteiger partial charge in [-0.2, -0.15) is 4.98 Å². The number of rotatable bonds is 5. The molecule has 5 rings (SSSR count). The summed E-state index contributed by atoms with van der Waals surface area (Å²) in [5, 5.41) is 7.90. The van der Waals surface area contributed by atoms with Crippen molar-refractivity contribution in [2.75, 3.05) is 5.32 Å². The molecule has 0 spiro atoms. The summed E-state index contributed by atoms with van der Waals surface area (Å²) >= 11 is 0. The summed E-state index contributed by atoms with van der Waals surface area (Å²) in [6, 6.07) is 20.7. The van der Waals surface area contributed by atoms with Crippen molar-refractivity contribution in [3.8, 4) is 11.6 Å². The summed E-state index contributed by atoms with van der Waals surface area (Å²) in [4.78, 5) is 20.2. The highest BCUT2D eigenvalue weighted by Gasteiger charge is 2.15. The molecule has 29 heavy (non-hydrogen) atoms. The van der Waals surface area contributed by atoms with E-state index in [1.807, 2.05) is 54.6 Å². The van der Waals surface area contributed by atoms with Gasteiger partial charge >= 0.3 is 0 Å². The molecule has 0 aliphatic rings. The number of carbonyl (C=O) groups is 1. The maximum absolute atomic E-state index is 12.7. The second kappa shape index (κ2) is 7.12. The smallest absolute Gasteiger partial charge is 0.272 e. The normalized spacial score (nSPS) is 11.0. The van der Waals surface area contributed by atoms with E-state index in [4.69, 9.17) is 8.94 Å². The van der Waals surface area contributed by atoms with Crippen molar-refractivity contribution in [2.45, 2.75) is 6.42 Å². The van der Waals surface area contributed by atoms with Crippen molar-refractivity contribution in [2.24, 2.45) is 0 Å². The molecule has 1 amide bonds. The van der Waals surface area contributed by atoms with E-state index in [0.29, 0.717) is 35.3 Å². The summed E-state index contributed by atoms with van der Waals surface area (Å²) in [6.45, 7) is 0. The molecule has 0 aliphatic carbocycles. The van der Waals surface area contributed by atoms with E-state index in [1.54, 1.807) is 18.4 Å². The number of hydrogen-bond donors (Lipinski definition) is 2. The van der Waals surface area contributed by atoms with Gasteiger partial charge in [0.1, 0.15) is 5.69 Å². The van der Waals surface area contributed by atoms with Crippen molar-refractivity contribution < 1.29 is 13.7 Å². The summed E-state index contributed by atoms with van der Waals surface area (Å²) < 4.78 is 10.6. The van der Waals surface area contributed by atoms with Gasteiger partial charge in [0.2, 0.25) is 11.7 Å². The number of H-pyrrole nitrogens is 1. The zero-order chi connectivity index (χ0) is 19.6. The second-order valence-corrected chi connectivity index (χ2v) is 6.55. The summed E-state index contributed by atoms with van der Waals surface area (Å²) in [6.07, 6.45) is 1.94. The van der Waals surface area contributed by atoms with Crippen LogP contribution in [0.25, 0.3) is 22.5 Å². The lowest BCUT2D eigenvalue weighted by atomic mass is 10.1. The van der Waals surface area contributed by atoms with Gasteiger partial charge in [-0.05, 0) is 35.9 Å². The number of hydrogen-bond acceptors (Lipinski definition) is 5. The van der Waals surface area contributed by atoms with Crippen LogP contribution in [0.1, 0.15) is 21.9 Å². The molecule has 0 unspecified atom stereocenters. The molecule has 0 radical (unpaired) electrons. The number of furan rings is 1. The Hall–Kier alpha value is -4.13. The number of anilines is 1. The first-order chi connectivity index (χ1) is 14.3. The number of amides is 1. The Morgan fingerprint density at radius 1 is 1.03 bits per heavy atom. The molecule has 0 saturated carbocycles. The number of nitrogens with one attached hydrogen (secondary N) is 2. The van der Waals surface area contributed by atoms with Gasteiger partial charge in [-0.15, -0.1) is 0 Å². The Kier molecular flexibility index (Phi) is 4.18. The minimum atomic E-state index is -0.213. The van der Waals surface area contributed by atoms with Gasteiger partial charge in [0.15, 0.2) is 5.76 Å². The molecular formula is C22H16N4O3. The van der Waals surface area contributed by atoms with Gasteiger partial charge in [0.25, 0.3) is 5.91 Å². The van der Waals surface area contributed by atoms with Crippen molar-refractivity contribution in [3.05, 3.63) is 90.1 Å². The molecular weight excluding hydrogens is 368 g/mol. The molecule has 0 saturated heterocycles. The summed E-state index contributed by atoms with van der Waals surface area (Å²) in [5.41, 5.74) is 2.97. The SMILES string of the molecule is O=C(Nc1ccccc1Cc1nc(-c2ccco2)no1)c1cc2ccccc2[nH]1. The van der Waals surface area contributed by atoms with E-state index in [2.05, 4.69) is 20.4 Å². The van der Waals surface area contributed by atoms with Crippen LogP contribution in [0.15, 0.2) is 81.9 Å². The van der Waals surface area contributed by atoms with Crippen molar-refractivity contribution in [1.29, 1.82) is 0 Å². The lowest BCUT2D eigenvalue weighted by Gasteiger charge is -2.09. The number of para-hydroxylation sites is 2. The Labute approximate surface area is 165 Å². The van der Waals surface area contributed by atoms with Crippen LogP contribution in [0.4, 0.5) is 5.69 Å². The largest absolute Gasteiger partial charge is 0.461 e. The van der Waals surface area contributed by atoms with E-state index in [9.17, 15) is 4.79 Å². The van der Waals surface area contributed by atoms with E-state index in [-0.39, 0.29) is 5.91 Å². The van der Waals surface area contributed by atoms with E-state index < -0.39 is 0 Å². The Morgan fingerprint density at radius 3 is 2.76 bits per heavy atom. The molecule has 7 heteroatoms. The molecule has 2 aromatic carbocycles. The Balaban J connectivity index is 1.37. The number of fused-ring (bicyclic) bond motifs is 1. The molecule has 0 bridgehead atoms. The van der Waals surface area contributed by atoms with Gasteiger partial charge < -0.3 is 19.2 Å². The molecule has 5 aromatic rings. The van der Waals surface area contributed by atoms with Gasteiger partial charge in [-0.25, -0.2) is 0 Å². The van der Waals surface area contributed by atoms with Crippen LogP contribution in [0, 0.1) is 0 Å². The maximum atomic E-state index is 12.7. The molecule has 0 atom stereocenters. The van der Waals surface area contributed by atoms with Crippen molar-refractivity contribution in [3.63, 3.8) is 0 Å². The van der Waals surface area contributed by atoms with Gasteiger partial charge in [-0.3, -0.25) is 4.79 Å². The van der Waals surface area contributed by atoms with E-state index in [0.717, 1.165) is 16.5 Å². The van der Waals surface area contributed by atoms with Crippen LogP contribution >= 0.6 is 0 Å². The average Bonchev–Trinajstić information content (AvgIpc) is 3.49. The third-order valence-corrected chi connectivity index (χ3v) is 4.59. The molecule has 2 N–H and O–H groups in total. The first-order valence-electron chi connectivity index (χ1n) is 9.10. The molecule has 142 valence electrons. The van der Waals surface area contributed by atoms with Crippen molar-refractivity contribution >= 4 is 22.5 Å². The number of benzene rings is 2. The zero-order valence-corrected chi connectivity index (χ0v) is 15.3. The third-order valence-electron chi connectivity index (χ3n) is 4.59. The zero-order valence-electron chi connectivity index (χ0n) is 15.3. The highest BCUT2D eigenvalue weighted by Crippen LogP contribution is 2.22. The molecule has 0 fully saturated rings. The predicted molar refractivity (Wildman–Crippen MR) is 107 cm³/mol. The monoisotopic (exact) mass is 384 g/mol. The average molecular weight is 384 g/mol. The fourth-order valence-electron chi connectivity index (χ4n) is 3.18. The van der Waals surface area contributed by atoms with Crippen LogP contribution < -0.4 is 5.32 Å². The Morgan fingerprint density at radius 2 is 1.90 bits per heavy atom. The predicted octanol–water partition coefficient (Wildman–Crippen LogP) is 4.65. The molecule has 7 nitrogen and oxygen atoms in total. The summed E-state index contributed by atoms with van der Waals surface area (Å²) in [5.74, 6) is 1.16. The first kappa shape index (κ1) is 17.0. The Bertz CT molecular complexity index is 1250. The van der Waals surface area contributed by atoms with Crippen LogP contribution in [-0.4, -0.2) is 21.0 Å². The number of aromatic amines is 1. The summed E-state index contributed by atoms with van der Waals surface area (Å²) in [7, 11) is 0. The maximum Gasteiger partial charge on any atom is 0.272 e. The first-order valence-corrected chi connectivity index (χ1v) is 9.10. The number of aromatic nitrogens is 3.